The van der Waals surface area contributed by atoms with Crippen molar-refractivity contribution in [3.05, 3.63) is 71.3 Å². The van der Waals surface area contributed by atoms with Gasteiger partial charge in [0.25, 0.3) is 0 Å². The maximum atomic E-state index is 11.5. The first-order valence-corrected chi connectivity index (χ1v) is 7.80. The third kappa shape index (κ3) is 2.68. The number of hydrogen-bond acceptors (Lipinski definition) is 3. The zero-order valence-corrected chi connectivity index (χ0v) is 12.9. The maximum Gasteiger partial charge on any atom is 0.0992 e. The Morgan fingerprint density at radius 3 is 2.50 bits per heavy atom. The van der Waals surface area contributed by atoms with E-state index in [1.165, 1.54) is 0 Å². The molecule has 2 N–H and O–H groups in total. The van der Waals surface area contributed by atoms with Crippen molar-refractivity contribution in [2.75, 3.05) is 20.1 Å². The van der Waals surface area contributed by atoms with Crippen LogP contribution in [0.15, 0.2) is 54.6 Å². The molecule has 1 heterocycles. The van der Waals surface area contributed by atoms with Crippen molar-refractivity contribution in [2.24, 2.45) is 0 Å². The maximum absolute atomic E-state index is 11.5. The van der Waals surface area contributed by atoms with Gasteiger partial charge in [-0.2, -0.15) is 0 Å². The summed E-state index contributed by atoms with van der Waals surface area (Å²) >= 11 is 0. The molecule has 2 aromatic carbocycles. The van der Waals surface area contributed by atoms with E-state index < -0.39 is 5.60 Å². The Morgan fingerprint density at radius 1 is 1.09 bits per heavy atom. The minimum atomic E-state index is -0.937. The van der Waals surface area contributed by atoms with Gasteiger partial charge in [-0.3, -0.25) is 0 Å². The number of benzene rings is 2. The molecule has 0 bridgehead atoms. The summed E-state index contributed by atoms with van der Waals surface area (Å²) in [6, 6.07) is 17.9. The number of nitrogens with zero attached hydrogens (tertiary/aromatic N) is 1. The van der Waals surface area contributed by atoms with Gasteiger partial charge in [-0.25, -0.2) is 0 Å². The van der Waals surface area contributed by atoms with E-state index in [0.29, 0.717) is 6.42 Å². The van der Waals surface area contributed by atoms with E-state index in [0.717, 1.165) is 29.8 Å². The molecular formula is C19H23NO2. The van der Waals surface area contributed by atoms with E-state index >= 15 is 0 Å². The number of likely N-dealkylation sites (tertiary alicyclic amines) is 1. The van der Waals surface area contributed by atoms with E-state index in [1.807, 2.05) is 42.5 Å². The molecule has 2 aromatic rings. The van der Waals surface area contributed by atoms with E-state index in [-0.39, 0.29) is 12.5 Å². The van der Waals surface area contributed by atoms with Crippen molar-refractivity contribution in [1.29, 1.82) is 0 Å². The number of hydrogen-bond donors (Lipinski definition) is 2. The van der Waals surface area contributed by atoms with E-state index in [4.69, 9.17) is 0 Å². The minimum absolute atomic E-state index is 0.000139. The molecule has 3 rings (SSSR count). The van der Waals surface area contributed by atoms with Crippen molar-refractivity contribution in [2.45, 2.75) is 24.5 Å². The van der Waals surface area contributed by atoms with Crippen LogP contribution in [0.4, 0.5) is 0 Å². The van der Waals surface area contributed by atoms with Crippen LogP contribution >= 0.6 is 0 Å². The highest BCUT2D eigenvalue weighted by atomic mass is 16.3. The Hall–Kier alpha value is -1.68. The summed E-state index contributed by atoms with van der Waals surface area (Å²) in [5, 5.41) is 21.2. The van der Waals surface area contributed by atoms with Crippen LogP contribution in [0.25, 0.3) is 0 Å². The molecule has 116 valence electrons. The highest BCUT2D eigenvalue weighted by Crippen LogP contribution is 2.44. The van der Waals surface area contributed by atoms with Gasteiger partial charge < -0.3 is 15.1 Å². The van der Waals surface area contributed by atoms with Gasteiger partial charge in [0.05, 0.1) is 12.2 Å². The highest BCUT2D eigenvalue weighted by molar-refractivity contribution is 5.37. The van der Waals surface area contributed by atoms with Crippen LogP contribution in [-0.4, -0.2) is 35.3 Å². The molecule has 1 aliphatic rings. The molecule has 0 amide bonds. The predicted octanol–water partition coefficient (Wildman–Crippen LogP) is 2.49. The molecule has 1 fully saturated rings. The molecule has 0 radical (unpaired) electrons. The lowest BCUT2D eigenvalue weighted by atomic mass is 9.71. The van der Waals surface area contributed by atoms with E-state index in [9.17, 15) is 10.2 Å². The van der Waals surface area contributed by atoms with E-state index in [2.05, 4.69) is 24.1 Å². The standard InChI is InChI=1S/C19H23NO2/c1-20-12-11-19(22,17-10-6-5-9-16(17)14-21)18(13-20)15-7-3-2-4-8-15/h2-10,18,21-22H,11-14H2,1H3/t18-,19+/m0/s1. The van der Waals surface area contributed by atoms with Gasteiger partial charge in [-0.05, 0) is 30.2 Å². The Balaban J connectivity index is 2.08. The van der Waals surface area contributed by atoms with Gasteiger partial charge in [0, 0.05) is 19.0 Å². The van der Waals surface area contributed by atoms with Crippen LogP contribution in [-0.2, 0) is 12.2 Å². The Bertz CT molecular complexity index is 628. The molecule has 0 aliphatic carbocycles. The van der Waals surface area contributed by atoms with Crippen LogP contribution in [0, 0.1) is 0 Å². The number of piperidine rings is 1. The molecule has 0 aromatic heterocycles. The number of aliphatic hydroxyl groups excluding tert-OH is 1. The van der Waals surface area contributed by atoms with Gasteiger partial charge in [-0.1, -0.05) is 54.6 Å². The molecule has 3 nitrogen and oxygen atoms in total. The van der Waals surface area contributed by atoms with Crippen molar-refractivity contribution in [1.82, 2.24) is 4.90 Å². The van der Waals surface area contributed by atoms with Crippen LogP contribution in [0.3, 0.4) is 0 Å². The first-order valence-electron chi connectivity index (χ1n) is 7.80. The summed E-state index contributed by atoms with van der Waals surface area (Å²) in [7, 11) is 2.09. The quantitative estimate of drug-likeness (QED) is 0.915. The lowest BCUT2D eigenvalue weighted by molar-refractivity contribution is -0.0431. The van der Waals surface area contributed by atoms with Gasteiger partial charge in [0.2, 0.25) is 0 Å². The second-order valence-electron chi connectivity index (χ2n) is 6.22. The van der Waals surface area contributed by atoms with Crippen LogP contribution in [0.2, 0.25) is 0 Å². The fourth-order valence-corrected chi connectivity index (χ4v) is 3.56. The first-order chi connectivity index (χ1) is 10.6. The Kier molecular flexibility index (Phi) is 4.30. The van der Waals surface area contributed by atoms with Gasteiger partial charge >= 0.3 is 0 Å². The van der Waals surface area contributed by atoms with Gasteiger partial charge in [0.15, 0.2) is 0 Å². The second kappa shape index (κ2) is 6.21. The largest absolute Gasteiger partial charge is 0.392 e. The topological polar surface area (TPSA) is 43.7 Å². The smallest absolute Gasteiger partial charge is 0.0992 e. The zero-order valence-electron chi connectivity index (χ0n) is 12.9. The summed E-state index contributed by atoms with van der Waals surface area (Å²) in [4.78, 5) is 2.26. The number of aliphatic hydroxyl groups is 2. The van der Waals surface area contributed by atoms with Crippen LogP contribution in [0.1, 0.15) is 29.0 Å². The number of rotatable bonds is 3. The highest BCUT2D eigenvalue weighted by Gasteiger charge is 2.43. The fraction of sp³-hybridized carbons (Fsp3) is 0.368. The second-order valence-corrected chi connectivity index (χ2v) is 6.22. The van der Waals surface area contributed by atoms with Gasteiger partial charge in [-0.15, -0.1) is 0 Å². The summed E-state index contributed by atoms with van der Waals surface area (Å²) in [5.74, 6) is 0.000139. The monoisotopic (exact) mass is 297 g/mol. The van der Waals surface area contributed by atoms with Crippen molar-refractivity contribution in [3.63, 3.8) is 0 Å². The number of likely N-dealkylation sites (N-methyl/N-ethyl adjacent to an activating group) is 1. The minimum Gasteiger partial charge on any atom is -0.392 e. The molecule has 22 heavy (non-hydrogen) atoms. The molecule has 2 atom stereocenters. The average molecular weight is 297 g/mol. The molecule has 0 saturated carbocycles. The molecule has 3 heteroatoms. The molecule has 0 spiro atoms. The van der Waals surface area contributed by atoms with Crippen molar-refractivity contribution in [3.8, 4) is 0 Å². The molecule has 1 saturated heterocycles. The Morgan fingerprint density at radius 2 is 1.77 bits per heavy atom. The lowest BCUT2D eigenvalue weighted by Crippen LogP contribution is -2.47. The van der Waals surface area contributed by atoms with Gasteiger partial charge in [0.1, 0.15) is 0 Å². The summed E-state index contributed by atoms with van der Waals surface area (Å²) in [6.07, 6.45) is 0.667. The zero-order chi connectivity index (χ0) is 15.6. The SMILES string of the molecule is CN1CC[C@@](O)(c2ccccc2CO)[C@H](c2ccccc2)C1. The fourth-order valence-electron chi connectivity index (χ4n) is 3.56. The van der Waals surface area contributed by atoms with Crippen molar-refractivity contribution >= 4 is 0 Å². The van der Waals surface area contributed by atoms with E-state index in [1.54, 1.807) is 0 Å². The third-order valence-electron chi connectivity index (χ3n) is 4.80. The van der Waals surface area contributed by atoms with Crippen LogP contribution in [0.5, 0.6) is 0 Å². The first kappa shape index (κ1) is 15.2. The lowest BCUT2D eigenvalue weighted by Gasteiger charge is -2.45. The average Bonchev–Trinajstić information content (AvgIpc) is 2.58. The third-order valence-corrected chi connectivity index (χ3v) is 4.80. The Labute approximate surface area is 131 Å². The summed E-state index contributed by atoms with van der Waals surface area (Å²) < 4.78 is 0. The summed E-state index contributed by atoms with van der Waals surface area (Å²) in [5.41, 5.74) is 1.88. The molecule has 0 unspecified atom stereocenters. The van der Waals surface area contributed by atoms with Crippen molar-refractivity contribution < 1.29 is 10.2 Å². The summed E-state index contributed by atoms with van der Waals surface area (Å²) in [6.45, 7) is 1.61. The normalized spacial score (nSPS) is 26.0. The molecule has 1 aliphatic heterocycles. The predicted molar refractivity (Wildman–Crippen MR) is 87.6 cm³/mol. The molecular weight excluding hydrogens is 274 g/mol. The van der Waals surface area contributed by atoms with Crippen LogP contribution < -0.4 is 0 Å².